The Balaban J connectivity index is 1.52. The van der Waals surface area contributed by atoms with Crippen LogP contribution in [0.1, 0.15) is 69.7 Å². The maximum absolute atomic E-state index is 13.2. The predicted octanol–water partition coefficient (Wildman–Crippen LogP) is 6.70. The average molecular weight is 501 g/mol. The van der Waals surface area contributed by atoms with Gasteiger partial charge in [0, 0.05) is 21.9 Å². The van der Waals surface area contributed by atoms with Crippen LogP contribution in [0.15, 0.2) is 47.0 Å². The van der Waals surface area contributed by atoms with Crippen molar-refractivity contribution in [1.82, 2.24) is 0 Å². The fourth-order valence-corrected chi connectivity index (χ4v) is 8.23. The zero-order chi connectivity index (χ0) is 24.5. The highest BCUT2D eigenvalue weighted by Gasteiger charge is 2.67. The molecule has 2 saturated carbocycles. The first kappa shape index (κ1) is 23.8. The summed E-state index contributed by atoms with van der Waals surface area (Å²) in [4.78, 5) is 38.5. The van der Waals surface area contributed by atoms with Crippen LogP contribution in [0.25, 0.3) is 0 Å². The Morgan fingerprint density at radius 1 is 1.00 bits per heavy atom. The molecule has 2 fully saturated rings. The van der Waals surface area contributed by atoms with Crippen molar-refractivity contribution in [3.8, 4) is 0 Å². The Morgan fingerprint density at radius 2 is 1.68 bits per heavy atom. The van der Waals surface area contributed by atoms with E-state index in [0.717, 1.165) is 31.3 Å². The fraction of sp³-hybridized carbons (Fsp3) is 0.536. The molecule has 6 heteroatoms. The van der Waals surface area contributed by atoms with Crippen molar-refractivity contribution < 1.29 is 19.1 Å². The molecule has 0 aromatic heterocycles. The summed E-state index contributed by atoms with van der Waals surface area (Å²) in [5.74, 6) is 0.246. The summed E-state index contributed by atoms with van der Waals surface area (Å²) in [6.07, 6.45) is 8.20. The van der Waals surface area contributed by atoms with Gasteiger partial charge in [0.05, 0.1) is 5.56 Å². The second kappa shape index (κ2) is 8.06. The Morgan fingerprint density at radius 3 is 2.35 bits per heavy atom. The molecule has 0 saturated heterocycles. The average Bonchev–Trinajstić information content (AvgIpc) is 3.09. The first-order valence-corrected chi connectivity index (χ1v) is 12.9. The molecule has 5 rings (SSSR count). The van der Waals surface area contributed by atoms with Gasteiger partial charge in [-0.15, -0.1) is 0 Å². The lowest BCUT2D eigenvalue weighted by Gasteiger charge is -2.57. The van der Waals surface area contributed by atoms with Crippen LogP contribution >= 0.6 is 23.2 Å². The Bertz CT molecular complexity index is 1140. The number of fused-ring (bicyclic) bond motifs is 5. The summed E-state index contributed by atoms with van der Waals surface area (Å²) in [6.45, 7) is 5.92. The second-order valence-electron chi connectivity index (χ2n) is 11.0. The summed E-state index contributed by atoms with van der Waals surface area (Å²) in [5, 5.41) is 1.20. The third-order valence-corrected chi connectivity index (χ3v) is 10.2. The molecule has 0 aliphatic heterocycles. The van der Waals surface area contributed by atoms with E-state index in [9.17, 15) is 14.4 Å². The van der Waals surface area contributed by atoms with Gasteiger partial charge >= 0.3 is 5.97 Å². The Kier molecular flexibility index (Phi) is 5.65. The van der Waals surface area contributed by atoms with E-state index in [4.69, 9.17) is 27.9 Å². The number of halogens is 2. The predicted molar refractivity (Wildman–Crippen MR) is 132 cm³/mol. The largest absolute Gasteiger partial charge is 0.447 e. The number of benzene rings is 1. The van der Waals surface area contributed by atoms with Crippen molar-refractivity contribution in [2.75, 3.05) is 0 Å². The van der Waals surface area contributed by atoms with Crippen molar-refractivity contribution >= 4 is 40.7 Å². The van der Waals surface area contributed by atoms with E-state index >= 15 is 0 Å². The molecular formula is C28H30Cl2O4. The van der Waals surface area contributed by atoms with E-state index in [0.29, 0.717) is 34.4 Å². The second-order valence-corrected chi connectivity index (χ2v) is 11.9. The Labute approximate surface area is 210 Å². The minimum atomic E-state index is -1.17. The standard InChI is InChI=1S/C28H30Cl2O4/c1-16(31)28(34-25(33)17-4-6-18(29)7-5-17)13-10-22-20-15-24(30)23-14-19(32)8-11-26(23,2)21(20)9-12-27(22,28)3/h4-7,14-15,20-22H,8-13H2,1-3H3/t20-,21+,22+,26-,27+,28+/m1/s1. The molecule has 0 heterocycles. The zero-order valence-corrected chi connectivity index (χ0v) is 21.3. The maximum Gasteiger partial charge on any atom is 0.339 e. The lowest BCUT2D eigenvalue weighted by Crippen LogP contribution is -2.58. The number of esters is 1. The fourth-order valence-electron chi connectivity index (χ4n) is 7.69. The van der Waals surface area contributed by atoms with Gasteiger partial charge in [0.15, 0.2) is 17.2 Å². The molecule has 0 unspecified atom stereocenters. The van der Waals surface area contributed by atoms with Crippen LogP contribution in [0.4, 0.5) is 0 Å². The number of ether oxygens (including phenoxy) is 1. The van der Waals surface area contributed by atoms with Gasteiger partial charge in [-0.1, -0.05) is 43.1 Å². The van der Waals surface area contributed by atoms with Crippen LogP contribution in [0, 0.1) is 28.6 Å². The maximum atomic E-state index is 13.2. The highest BCUT2D eigenvalue weighted by atomic mass is 35.5. The molecule has 0 spiro atoms. The number of allylic oxidation sites excluding steroid dienone is 4. The third kappa shape index (κ3) is 3.28. The lowest BCUT2D eigenvalue weighted by molar-refractivity contribution is -0.158. The van der Waals surface area contributed by atoms with E-state index in [1.807, 2.05) is 0 Å². The minimum Gasteiger partial charge on any atom is -0.447 e. The quantitative estimate of drug-likeness (QED) is 0.433. The molecule has 1 aromatic carbocycles. The van der Waals surface area contributed by atoms with Crippen LogP contribution in [0.2, 0.25) is 5.02 Å². The van der Waals surface area contributed by atoms with E-state index in [1.54, 1.807) is 37.3 Å². The van der Waals surface area contributed by atoms with Crippen LogP contribution < -0.4 is 0 Å². The summed E-state index contributed by atoms with van der Waals surface area (Å²) in [6, 6.07) is 6.57. The molecule has 4 aliphatic rings. The number of carbonyl (C=O) groups excluding carboxylic acids is 3. The topological polar surface area (TPSA) is 60.4 Å². The number of hydrogen-bond acceptors (Lipinski definition) is 4. The van der Waals surface area contributed by atoms with Crippen LogP contribution in [0.5, 0.6) is 0 Å². The van der Waals surface area contributed by atoms with E-state index in [-0.39, 0.29) is 28.8 Å². The lowest BCUT2D eigenvalue weighted by atomic mass is 9.48. The SMILES string of the molecule is CC(=O)[C@@]1(OC(=O)c2ccc(Cl)cc2)CC[C@H]2[C@@H]3C=C(Cl)C4=CC(=O)CC[C@]4(C)[C@H]3CC[C@@]21C. The van der Waals surface area contributed by atoms with Crippen molar-refractivity contribution in [2.45, 2.75) is 64.9 Å². The Hall–Kier alpha value is -1.91. The molecule has 180 valence electrons. The van der Waals surface area contributed by atoms with Crippen molar-refractivity contribution in [3.05, 3.63) is 57.6 Å². The normalized spacial score (nSPS) is 38.7. The van der Waals surface area contributed by atoms with Gasteiger partial charge in [0.2, 0.25) is 0 Å². The van der Waals surface area contributed by atoms with Gasteiger partial charge in [-0.2, -0.15) is 0 Å². The van der Waals surface area contributed by atoms with E-state index in [1.165, 1.54) is 0 Å². The van der Waals surface area contributed by atoms with Crippen molar-refractivity contribution in [1.29, 1.82) is 0 Å². The molecule has 0 radical (unpaired) electrons. The first-order valence-electron chi connectivity index (χ1n) is 12.1. The summed E-state index contributed by atoms with van der Waals surface area (Å²) < 4.78 is 6.17. The molecule has 1 aromatic rings. The van der Waals surface area contributed by atoms with Crippen LogP contribution in [0.3, 0.4) is 0 Å². The molecule has 0 amide bonds. The van der Waals surface area contributed by atoms with Gasteiger partial charge in [-0.25, -0.2) is 4.79 Å². The number of Topliss-reactive ketones (excluding diaryl/α,β-unsaturated/α-hetero) is 1. The molecule has 4 nitrogen and oxygen atoms in total. The van der Waals surface area contributed by atoms with Gasteiger partial charge in [0.25, 0.3) is 0 Å². The molecule has 4 aliphatic carbocycles. The highest BCUT2D eigenvalue weighted by molar-refractivity contribution is 6.32. The summed E-state index contributed by atoms with van der Waals surface area (Å²) in [5.41, 5.74) is -0.440. The van der Waals surface area contributed by atoms with Crippen molar-refractivity contribution in [2.24, 2.45) is 28.6 Å². The monoisotopic (exact) mass is 500 g/mol. The van der Waals surface area contributed by atoms with Gasteiger partial charge in [-0.3, -0.25) is 9.59 Å². The van der Waals surface area contributed by atoms with Gasteiger partial charge < -0.3 is 4.74 Å². The van der Waals surface area contributed by atoms with E-state index in [2.05, 4.69) is 19.9 Å². The smallest absolute Gasteiger partial charge is 0.339 e. The highest BCUT2D eigenvalue weighted by Crippen LogP contribution is 2.68. The summed E-state index contributed by atoms with van der Waals surface area (Å²) in [7, 11) is 0. The molecule has 0 N–H and O–H groups in total. The minimum absolute atomic E-state index is 0.0980. The van der Waals surface area contributed by atoms with Gasteiger partial charge in [-0.05, 0) is 98.1 Å². The summed E-state index contributed by atoms with van der Waals surface area (Å²) >= 11 is 12.8. The molecular weight excluding hydrogens is 471 g/mol. The third-order valence-electron chi connectivity index (χ3n) is 9.59. The molecule has 34 heavy (non-hydrogen) atoms. The number of carbonyl (C=O) groups is 3. The van der Waals surface area contributed by atoms with Crippen molar-refractivity contribution in [3.63, 3.8) is 0 Å². The van der Waals surface area contributed by atoms with Crippen LogP contribution in [-0.4, -0.2) is 23.1 Å². The number of hydrogen-bond donors (Lipinski definition) is 0. The zero-order valence-electron chi connectivity index (χ0n) is 19.8. The molecule has 6 atom stereocenters. The first-order chi connectivity index (χ1) is 16.0. The van der Waals surface area contributed by atoms with Crippen LogP contribution in [-0.2, 0) is 14.3 Å². The molecule has 0 bridgehead atoms. The van der Waals surface area contributed by atoms with Gasteiger partial charge in [0.1, 0.15) is 0 Å². The van der Waals surface area contributed by atoms with E-state index < -0.39 is 17.0 Å². The number of ketones is 2. The number of rotatable bonds is 3.